The minimum absolute atomic E-state index is 0.0659. The third kappa shape index (κ3) is 4.11. The van der Waals surface area contributed by atoms with E-state index in [2.05, 4.69) is 45.0 Å². The van der Waals surface area contributed by atoms with Gasteiger partial charge in [0.15, 0.2) is 0 Å². The average molecular weight is 433 g/mol. The second-order valence-corrected chi connectivity index (χ2v) is 8.93. The second-order valence-electron chi connectivity index (χ2n) is 8.05. The molecule has 7 heteroatoms. The molecule has 3 aromatic heterocycles. The fraction of sp³-hybridized carbons (Fsp3) is 0.292. The quantitative estimate of drug-likeness (QED) is 0.515. The highest BCUT2D eigenvalue weighted by Crippen LogP contribution is 2.30. The summed E-state index contributed by atoms with van der Waals surface area (Å²) in [5, 5.41) is 9.64. The molecule has 1 N–H and O–H groups in total. The summed E-state index contributed by atoms with van der Waals surface area (Å²) in [5.74, 6) is -0.130. The van der Waals surface area contributed by atoms with Gasteiger partial charge in [-0.25, -0.2) is 4.98 Å². The molecule has 4 heterocycles. The maximum Gasteiger partial charge on any atom is 0.270 e. The molecule has 1 fully saturated rings. The lowest BCUT2D eigenvalue weighted by Crippen LogP contribution is -2.35. The van der Waals surface area contributed by atoms with Crippen LogP contribution in [0.15, 0.2) is 48.0 Å². The van der Waals surface area contributed by atoms with Crippen LogP contribution in [0.5, 0.6) is 0 Å². The summed E-state index contributed by atoms with van der Waals surface area (Å²) in [7, 11) is 1.92. The van der Waals surface area contributed by atoms with Crippen molar-refractivity contribution < 1.29 is 9.53 Å². The molecule has 4 aromatic rings. The van der Waals surface area contributed by atoms with Gasteiger partial charge in [0, 0.05) is 25.4 Å². The highest BCUT2D eigenvalue weighted by Gasteiger charge is 2.21. The number of nitrogens with zero attached hydrogens (tertiary/aromatic N) is 3. The van der Waals surface area contributed by atoms with Gasteiger partial charge < -0.3 is 10.1 Å². The maximum absolute atomic E-state index is 12.9. The number of nitrogens with one attached hydrogen (secondary N) is 1. The lowest BCUT2D eigenvalue weighted by molar-refractivity contribution is 0.0925. The van der Waals surface area contributed by atoms with Crippen molar-refractivity contribution in [2.75, 3.05) is 13.2 Å². The van der Waals surface area contributed by atoms with Crippen LogP contribution < -0.4 is 5.32 Å². The van der Waals surface area contributed by atoms with Gasteiger partial charge in [0.2, 0.25) is 0 Å². The number of aryl methyl sites for hydroxylation is 2. The normalized spacial score (nSPS) is 16.1. The van der Waals surface area contributed by atoms with Crippen LogP contribution in [-0.2, 0) is 18.2 Å². The van der Waals surface area contributed by atoms with Crippen molar-refractivity contribution in [3.05, 3.63) is 70.4 Å². The van der Waals surface area contributed by atoms with Crippen LogP contribution in [0.1, 0.15) is 33.6 Å². The molecule has 0 saturated carbocycles. The predicted molar refractivity (Wildman–Crippen MR) is 122 cm³/mol. The van der Waals surface area contributed by atoms with E-state index in [1.54, 1.807) is 16.0 Å². The SMILES string of the molecule is Cc1csc2c(Cc3ccc(-c4ccn(C)n4)cc3)cc(C(=O)N[C@H]3CCOC3)nc12. The number of benzene rings is 1. The molecule has 0 unspecified atom stereocenters. The first kappa shape index (κ1) is 19.9. The molecule has 5 rings (SSSR count). The van der Waals surface area contributed by atoms with Crippen molar-refractivity contribution in [2.24, 2.45) is 7.05 Å². The number of carbonyl (C=O) groups is 1. The summed E-state index contributed by atoms with van der Waals surface area (Å²) < 4.78 is 8.33. The van der Waals surface area contributed by atoms with Crippen LogP contribution in [-0.4, -0.2) is 39.9 Å². The van der Waals surface area contributed by atoms with E-state index in [4.69, 9.17) is 4.74 Å². The van der Waals surface area contributed by atoms with Crippen LogP contribution in [0.4, 0.5) is 0 Å². The van der Waals surface area contributed by atoms with Crippen molar-refractivity contribution >= 4 is 27.5 Å². The predicted octanol–water partition coefficient (Wildman–Crippen LogP) is 4.11. The zero-order valence-corrected chi connectivity index (χ0v) is 18.4. The highest BCUT2D eigenvalue weighted by molar-refractivity contribution is 7.17. The maximum atomic E-state index is 12.9. The molecule has 1 saturated heterocycles. The molecule has 158 valence electrons. The Morgan fingerprint density at radius 1 is 1.29 bits per heavy atom. The van der Waals surface area contributed by atoms with E-state index in [1.165, 1.54) is 5.56 Å². The fourth-order valence-corrected chi connectivity index (χ4v) is 4.93. The van der Waals surface area contributed by atoms with Crippen molar-refractivity contribution in [2.45, 2.75) is 25.8 Å². The van der Waals surface area contributed by atoms with Gasteiger partial charge in [-0.15, -0.1) is 11.3 Å². The lowest BCUT2D eigenvalue weighted by atomic mass is 10.0. The van der Waals surface area contributed by atoms with E-state index < -0.39 is 0 Å². The Labute approximate surface area is 184 Å². The number of hydrogen-bond donors (Lipinski definition) is 1. The first-order chi connectivity index (χ1) is 15.1. The Morgan fingerprint density at radius 3 is 2.84 bits per heavy atom. The Balaban J connectivity index is 1.43. The van der Waals surface area contributed by atoms with Crippen LogP contribution >= 0.6 is 11.3 Å². The van der Waals surface area contributed by atoms with Crippen LogP contribution in [0, 0.1) is 6.92 Å². The second kappa shape index (κ2) is 8.24. The Morgan fingerprint density at radius 2 is 2.13 bits per heavy atom. The molecule has 1 atom stereocenters. The molecule has 0 aliphatic carbocycles. The van der Waals surface area contributed by atoms with Crippen LogP contribution in [0.2, 0.25) is 0 Å². The molecular weight excluding hydrogens is 408 g/mol. The van der Waals surface area contributed by atoms with E-state index in [1.807, 2.05) is 32.3 Å². The zero-order valence-electron chi connectivity index (χ0n) is 17.6. The number of amides is 1. The molecule has 1 aromatic carbocycles. The van der Waals surface area contributed by atoms with Crippen molar-refractivity contribution in [3.63, 3.8) is 0 Å². The van der Waals surface area contributed by atoms with Gasteiger partial charge in [0.25, 0.3) is 5.91 Å². The molecule has 1 aliphatic heterocycles. The first-order valence-electron chi connectivity index (χ1n) is 10.4. The van der Waals surface area contributed by atoms with Crippen molar-refractivity contribution in [1.82, 2.24) is 20.1 Å². The van der Waals surface area contributed by atoms with E-state index in [-0.39, 0.29) is 11.9 Å². The molecule has 0 spiro atoms. The first-order valence-corrected chi connectivity index (χ1v) is 11.3. The number of carbonyl (C=O) groups excluding carboxylic acids is 1. The molecular formula is C24H24N4O2S. The lowest BCUT2D eigenvalue weighted by Gasteiger charge is -2.12. The third-order valence-corrected chi connectivity index (χ3v) is 6.80. The summed E-state index contributed by atoms with van der Waals surface area (Å²) in [6, 6.07) is 12.5. The smallest absolute Gasteiger partial charge is 0.270 e. The molecule has 1 amide bonds. The number of ether oxygens (including phenoxy) is 1. The topological polar surface area (TPSA) is 69.0 Å². The number of fused-ring (bicyclic) bond motifs is 1. The van der Waals surface area contributed by atoms with E-state index in [0.29, 0.717) is 18.9 Å². The molecule has 6 nitrogen and oxygen atoms in total. The number of rotatable bonds is 5. The van der Waals surface area contributed by atoms with Gasteiger partial charge in [-0.1, -0.05) is 24.3 Å². The number of hydrogen-bond acceptors (Lipinski definition) is 5. The number of aromatic nitrogens is 3. The van der Waals surface area contributed by atoms with Crippen molar-refractivity contribution in [1.29, 1.82) is 0 Å². The Hall–Kier alpha value is -3.03. The van der Waals surface area contributed by atoms with E-state index >= 15 is 0 Å². The zero-order chi connectivity index (χ0) is 21.4. The summed E-state index contributed by atoms with van der Waals surface area (Å²) in [4.78, 5) is 17.5. The van der Waals surface area contributed by atoms with E-state index in [0.717, 1.165) is 45.4 Å². The van der Waals surface area contributed by atoms with Gasteiger partial charge in [-0.05, 0) is 54.0 Å². The van der Waals surface area contributed by atoms with Gasteiger partial charge in [0.1, 0.15) is 5.69 Å². The largest absolute Gasteiger partial charge is 0.379 e. The average Bonchev–Trinajstić information content (AvgIpc) is 3.51. The monoisotopic (exact) mass is 432 g/mol. The Kier molecular flexibility index (Phi) is 5.29. The summed E-state index contributed by atoms with van der Waals surface area (Å²) >= 11 is 1.69. The standard InChI is InChI=1S/C24H24N4O2S/c1-15-14-31-23-18(11-16-3-5-17(6-4-16)20-7-9-28(2)27-20)12-21(26-22(15)23)24(29)25-19-8-10-30-13-19/h3-7,9,12,14,19H,8,10-11,13H2,1-2H3,(H,25,29)/t19-/m0/s1. The van der Waals surface area contributed by atoms with Crippen LogP contribution in [0.25, 0.3) is 21.5 Å². The Bertz CT molecular complexity index is 1240. The fourth-order valence-electron chi connectivity index (χ4n) is 3.93. The van der Waals surface area contributed by atoms with E-state index in [9.17, 15) is 4.79 Å². The van der Waals surface area contributed by atoms with Gasteiger partial charge >= 0.3 is 0 Å². The van der Waals surface area contributed by atoms with Crippen molar-refractivity contribution in [3.8, 4) is 11.3 Å². The minimum Gasteiger partial charge on any atom is -0.379 e. The molecule has 0 radical (unpaired) electrons. The highest BCUT2D eigenvalue weighted by atomic mass is 32.1. The minimum atomic E-state index is -0.130. The summed E-state index contributed by atoms with van der Waals surface area (Å²) in [6.07, 6.45) is 3.54. The van der Waals surface area contributed by atoms with Gasteiger partial charge in [-0.2, -0.15) is 5.10 Å². The van der Waals surface area contributed by atoms with Crippen LogP contribution in [0.3, 0.4) is 0 Å². The molecule has 1 aliphatic rings. The molecule has 31 heavy (non-hydrogen) atoms. The summed E-state index contributed by atoms with van der Waals surface area (Å²) in [5.41, 5.74) is 6.86. The molecule has 0 bridgehead atoms. The number of pyridine rings is 1. The third-order valence-electron chi connectivity index (χ3n) is 5.63. The number of thiophene rings is 1. The summed E-state index contributed by atoms with van der Waals surface area (Å²) in [6.45, 7) is 3.31. The van der Waals surface area contributed by atoms with Gasteiger partial charge in [0.05, 0.1) is 28.6 Å². The van der Waals surface area contributed by atoms with Gasteiger partial charge in [-0.3, -0.25) is 9.48 Å².